The number of para-hydroxylation sites is 1. The molecule has 10 heteroatoms. The Bertz CT molecular complexity index is 1200. The summed E-state index contributed by atoms with van der Waals surface area (Å²) in [4.78, 5) is 21.5. The number of hydrogen-bond acceptors (Lipinski definition) is 6. The van der Waals surface area contributed by atoms with E-state index in [9.17, 15) is 20.0 Å². The van der Waals surface area contributed by atoms with Gasteiger partial charge in [-0.25, -0.2) is 4.79 Å². The van der Waals surface area contributed by atoms with Gasteiger partial charge in [-0.2, -0.15) is 5.10 Å². The molecule has 0 unspecified atom stereocenters. The zero-order valence-electron chi connectivity index (χ0n) is 15.9. The Labute approximate surface area is 181 Å². The minimum absolute atomic E-state index is 0.0824. The van der Waals surface area contributed by atoms with Crippen LogP contribution in [0.2, 0.25) is 0 Å². The van der Waals surface area contributed by atoms with Crippen LogP contribution in [0, 0.1) is 10.1 Å². The normalized spacial score (nSPS) is 10.6. The number of carboxylic acids is 1. The standard InChI is InChI=1S/C21H16N4O5S/c26-19-15(6-3-9-18(19)13-4-2-8-17(11-13)25(29)30)12-22-24-21(31)23-16-7-1-5-14(10-16)20(27)28/h1-12,26H,(H,27,28)(H2,23,24,31)/b22-12+. The summed E-state index contributed by atoms with van der Waals surface area (Å²) in [5.41, 5.74) is 4.36. The summed E-state index contributed by atoms with van der Waals surface area (Å²) in [6, 6.07) is 17.0. The minimum atomic E-state index is -1.06. The fourth-order valence-corrected chi connectivity index (χ4v) is 2.91. The Balaban J connectivity index is 1.72. The number of carboxylic acid groups (broad SMARTS) is 1. The van der Waals surface area contributed by atoms with Crippen LogP contribution in [0.25, 0.3) is 11.1 Å². The van der Waals surface area contributed by atoms with Crippen LogP contribution < -0.4 is 10.7 Å². The van der Waals surface area contributed by atoms with Gasteiger partial charge >= 0.3 is 5.97 Å². The number of non-ortho nitro benzene ring substituents is 1. The van der Waals surface area contributed by atoms with E-state index < -0.39 is 10.9 Å². The Morgan fingerprint density at radius 2 is 1.84 bits per heavy atom. The predicted molar refractivity (Wildman–Crippen MR) is 121 cm³/mol. The average Bonchev–Trinajstić information content (AvgIpc) is 2.75. The second-order valence-corrected chi connectivity index (χ2v) is 6.67. The summed E-state index contributed by atoms with van der Waals surface area (Å²) in [5, 5.41) is 37.5. The number of anilines is 1. The molecule has 0 spiro atoms. The molecule has 0 aromatic heterocycles. The lowest BCUT2D eigenvalue weighted by atomic mass is 10.0. The molecule has 4 N–H and O–H groups in total. The molecule has 0 saturated carbocycles. The molecule has 0 bridgehead atoms. The number of benzene rings is 3. The summed E-state index contributed by atoms with van der Waals surface area (Å²) in [6.45, 7) is 0. The van der Waals surface area contributed by atoms with E-state index in [0.29, 0.717) is 22.4 Å². The van der Waals surface area contributed by atoms with Crippen molar-refractivity contribution < 1.29 is 19.9 Å². The Hall–Kier alpha value is -4.31. The van der Waals surface area contributed by atoms with Crippen LogP contribution in [-0.2, 0) is 0 Å². The van der Waals surface area contributed by atoms with E-state index in [2.05, 4.69) is 15.8 Å². The van der Waals surface area contributed by atoms with Gasteiger partial charge in [0.25, 0.3) is 5.69 Å². The van der Waals surface area contributed by atoms with Gasteiger partial charge in [-0.3, -0.25) is 15.5 Å². The number of aromatic hydroxyl groups is 1. The van der Waals surface area contributed by atoms with E-state index in [1.807, 2.05) is 0 Å². The number of phenols is 1. The average molecular weight is 436 g/mol. The third-order valence-corrected chi connectivity index (χ3v) is 4.37. The zero-order chi connectivity index (χ0) is 22.4. The van der Waals surface area contributed by atoms with Gasteiger partial charge in [-0.1, -0.05) is 30.3 Å². The van der Waals surface area contributed by atoms with Crippen molar-refractivity contribution >= 4 is 40.9 Å². The van der Waals surface area contributed by atoms with Crippen molar-refractivity contribution in [2.75, 3.05) is 5.32 Å². The molecule has 31 heavy (non-hydrogen) atoms. The van der Waals surface area contributed by atoms with Crippen LogP contribution >= 0.6 is 12.2 Å². The lowest BCUT2D eigenvalue weighted by Gasteiger charge is -2.09. The minimum Gasteiger partial charge on any atom is -0.507 e. The molecular weight excluding hydrogens is 420 g/mol. The molecule has 0 amide bonds. The molecule has 0 fully saturated rings. The number of nitro benzene ring substituents is 1. The Morgan fingerprint density at radius 1 is 1.10 bits per heavy atom. The van der Waals surface area contributed by atoms with Crippen molar-refractivity contribution in [1.29, 1.82) is 0 Å². The highest BCUT2D eigenvalue weighted by atomic mass is 32.1. The molecule has 0 aliphatic carbocycles. The number of thiocarbonyl (C=S) groups is 1. The first-order valence-corrected chi connectivity index (χ1v) is 9.26. The fourth-order valence-electron chi connectivity index (χ4n) is 2.73. The lowest BCUT2D eigenvalue weighted by molar-refractivity contribution is -0.384. The van der Waals surface area contributed by atoms with Crippen LogP contribution in [0.5, 0.6) is 5.75 Å². The van der Waals surface area contributed by atoms with E-state index in [-0.39, 0.29) is 22.1 Å². The quantitative estimate of drug-likeness (QED) is 0.197. The van der Waals surface area contributed by atoms with E-state index in [1.165, 1.54) is 30.5 Å². The molecule has 156 valence electrons. The van der Waals surface area contributed by atoms with Crippen LogP contribution in [0.15, 0.2) is 71.8 Å². The van der Waals surface area contributed by atoms with Gasteiger partial charge in [-0.15, -0.1) is 0 Å². The smallest absolute Gasteiger partial charge is 0.335 e. The Kier molecular flexibility index (Phi) is 6.53. The highest BCUT2D eigenvalue weighted by Crippen LogP contribution is 2.33. The van der Waals surface area contributed by atoms with Gasteiger partial charge in [-0.05, 0) is 42.0 Å². The molecule has 0 aliphatic heterocycles. The summed E-state index contributed by atoms with van der Waals surface area (Å²) in [7, 11) is 0. The number of nitrogens with one attached hydrogen (secondary N) is 2. The van der Waals surface area contributed by atoms with Crippen molar-refractivity contribution in [1.82, 2.24) is 5.43 Å². The zero-order valence-corrected chi connectivity index (χ0v) is 16.7. The van der Waals surface area contributed by atoms with Crippen LogP contribution in [0.3, 0.4) is 0 Å². The molecule has 0 radical (unpaired) electrons. The molecule has 0 heterocycles. The van der Waals surface area contributed by atoms with Crippen molar-refractivity contribution in [2.24, 2.45) is 5.10 Å². The summed E-state index contributed by atoms with van der Waals surface area (Å²) in [5.74, 6) is -1.15. The van der Waals surface area contributed by atoms with Gasteiger partial charge < -0.3 is 15.5 Å². The number of hydrazone groups is 1. The fraction of sp³-hybridized carbons (Fsp3) is 0. The SMILES string of the molecule is O=C(O)c1cccc(NC(=S)N/N=C/c2cccc(-c3cccc([N+](=O)[O-])c3)c2O)c1. The second kappa shape index (κ2) is 9.46. The Morgan fingerprint density at radius 3 is 2.58 bits per heavy atom. The topological polar surface area (TPSA) is 137 Å². The first-order chi connectivity index (χ1) is 14.8. The van der Waals surface area contributed by atoms with E-state index in [0.717, 1.165) is 0 Å². The molecule has 0 saturated heterocycles. The molecule has 0 atom stereocenters. The number of rotatable bonds is 6. The number of carbonyl (C=O) groups is 1. The van der Waals surface area contributed by atoms with Crippen LogP contribution in [0.1, 0.15) is 15.9 Å². The number of nitro groups is 1. The largest absolute Gasteiger partial charge is 0.507 e. The molecule has 0 aliphatic rings. The first kappa shape index (κ1) is 21.4. The maximum absolute atomic E-state index is 11.0. The van der Waals surface area contributed by atoms with Crippen molar-refractivity contribution in [3.63, 3.8) is 0 Å². The molecule has 3 rings (SSSR count). The van der Waals surface area contributed by atoms with Crippen molar-refractivity contribution in [2.45, 2.75) is 0 Å². The monoisotopic (exact) mass is 436 g/mol. The first-order valence-electron chi connectivity index (χ1n) is 8.85. The number of nitrogens with zero attached hydrogens (tertiary/aromatic N) is 2. The van der Waals surface area contributed by atoms with Gasteiger partial charge in [0.1, 0.15) is 5.75 Å². The number of hydrogen-bond donors (Lipinski definition) is 4. The molecule has 3 aromatic carbocycles. The summed E-state index contributed by atoms with van der Waals surface area (Å²) in [6.07, 6.45) is 1.35. The maximum atomic E-state index is 11.0. The van der Waals surface area contributed by atoms with E-state index in [4.69, 9.17) is 17.3 Å². The number of phenolic OH excluding ortho intramolecular Hbond substituents is 1. The third-order valence-electron chi connectivity index (χ3n) is 4.17. The molecule has 3 aromatic rings. The summed E-state index contributed by atoms with van der Waals surface area (Å²) >= 11 is 5.12. The van der Waals surface area contributed by atoms with Gasteiger partial charge in [0.05, 0.1) is 16.7 Å². The molecule has 9 nitrogen and oxygen atoms in total. The predicted octanol–water partition coefficient (Wildman–Crippen LogP) is 3.99. The van der Waals surface area contributed by atoms with Crippen molar-refractivity contribution in [3.05, 3.63) is 88.0 Å². The van der Waals surface area contributed by atoms with Gasteiger partial charge in [0, 0.05) is 28.9 Å². The maximum Gasteiger partial charge on any atom is 0.335 e. The number of aromatic carboxylic acids is 1. The lowest BCUT2D eigenvalue weighted by Crippen LogP contribution is -2.24. The second-order valence-electron chi connectivity index (χ2n) is 6.26. The van der Waals surface area contributed by atoms with Crippen LogP contribution in [-0.4, -0.2) is 32.4 Å². The summed E-state index contributed by atoms with van der Waals surface area (Å²) < 4.78 is 0. The van der Waals surface area contributed by atoms with Gasteiger partial charge in [0.15, 0.2) is 5.11 Å². The van der Waals surface area contributed by atoms with E-state index in [1.54, 1.807) is 42.5 Å². The van der Waals surface area contributed by atoms with Crippen molar-refractivity contribution in [3.8, 4) is 16.9 Å². The highest BCUT2D eigenvalue weighted by Gasteiger charge is 2.12. The van der Waals surface area contributed by atoms with Gasteiger partial charge in [0.2, 0.25) is 0 Å². The van der Waals surface area contributed by atoms with E-state index >= 15 is 0 Å². The highest BCUT2D eigenvalue weighted by molar-refractivity contribution is 7.80. The molecular formula is C21H16N4O5S. The van der Waals surface area contributed by atoms with Crippen LogP contribution in [0.4, 0.5) is 11.4 Å². The third kappa shape index (κ3) is 5.40.